The normalized spacial score (nSPS) is 31.8. The molecule has 4 heteroatoms. The smallest absolute Gasteiger partial charge is 0.105 e. The Hall–Kier alpha value is -0.610. The molecule has 84 valence electrons. The van der Waals surface area contributed by atoms with Gasteiger partial charge in [0.25, 0.3) is 0 Å². The first-order valence-electron chi connectivity index (χ1n) is 5.24. The summed E-state index contributed by atoms with van der Waals surface area (Å²) in [6.45, 7) is 5.98. The van der Waals surface area contributed by atoms with Gasteiger partial charge < -0.3 is 9.73 Å². The van der Waals surface area contributed by atoms with Gasteiger partial charge in [-0.2, -0.15) is 0 Å². The van der Waals surface area contributed by atoms with Crippen LogP contribution >= 0.6 is 0 Å². The van der Waals surface area contributed by atoms with Crippen LogP contribution in [0.1, 0.15) is 30.0 Å². The minimum Gasteiger partial charge on any atom is -0.466 e. The minimum absolute atomic E-state index is 0.187. The lowest BCUT2D eigenvalue weighted by Crippen LogP contribution is -2.43. The van der Waals surface area contributed by atoms with E-state index in [1.54, 1.807) is 0 Å². The van der Waals surface area contributed by atoms with E-state index in [4.69, 9.17) is 4.42 Å². The van der Waals surface area contributed by atoms with Crippen molar-refractivity contribution in [2.24, 2.45) is 0 Å². The van der Waals surface area contributed by atoms with Gasteiger partial charge in [0.2, 0.25) is 0 Å². The van der Waals surface area contributed by atoms with Gasteiger partial charge in [-0.15, -0.1) is 0 Å². The molecule has 1 fully saturated rings. The van der Waals surface area contributed by atoms with Crippen LogP contribution in [0.3, 0.4) is 0 Å². The first kappa shape index (κ1) is 10.9. The molecule has 1 aromatic heterocycles. The average Bonchev–Trinajstić information content (AvgIpc) is 2.43. The number of hydrogen-bond acceptors (Lipinski definition) is 3. The van der Waals surface area contributed by atoms with Crippen LogP contribution in [0.5, 0.6) is 0 Å². The molecule has 3 nitrogen and oxygen atoms in total. The molecule has 15 heavy (non-hydrogen) atoms. The molecule has 3 unspecified atom stereocenters. The van der Waals surface area contributed by atoms with E-state index in [0.717, 1.165) is 22.8 Å². The lowest BCUT2D eigenvalue weighted by Gasteiger charge is -2.28. The van der Waals surface area contributed by atoms with Gasteiger partial charge in [0.05, 0.1) is 0 Å². The van der Waals surface area contributed by atoms with E-state index in [9.17, 15) is 4.21 Å². The van der Waals surface area contributed by atoms with Crippen molar-refractivity contribution in [2.75, 3.05) is 11.5 Å². The third kappa shape index (κ3) is 2.32. The molecule has 2 rings (SSSR count). The lowest BCUT2D eigenvalue weighted by molar-refractivity contribution is 0.467. The molecule has 3 atom stereocenters. The van der Waals surface area contributed by atoms with E-state index in [1.165, 1.54) is 0 Å². The van der Waals surface area contributed by atoms with Crippen molar-refractivity contribution in [1.82, 2.24) is 5.32 Å². The Morgan fingerprint density at radius 3 is 2.73 bits per heavy atom. The van der Waals surface area contributed by atoms with Crippen molar-refractivity contribution in [1.29, 1.82) is 0 Å². The van der Waals surface area contributed by atoms with Gasteiger partial charge in [0.15, 0.2) is 0 Å². The third-order valence-electron chi connectivity index (χ3n) is 2.73. The van der Waals surface area contributed by atoms with Crippen LogP contribution in [0.4, 0.5) is 0 Å². The Labute approximate surface area is 92.7 Å². The molecular formula is C11H17NO2S. The molecule has 2 heterocycles. The molecule has 0 spiro atoms. The Balaban J connectivity index is 2.23. The highest BCUT2D eigenvalue weighted by Gasteiger charge is 2.26. The number of furan rings is 1. The summed E-state index contributed by atoms with van der Waals surface area (Å²) in [5.41, 5.74) is 1.16. The summed E-state index contributed by atoms with van der Waals surface area (Å²) in [5.74, 6) is 3.32. The van der Waals surface area contributed by atoms with Crippen molar-refractivity contribution in [3.05, 3.63) is 23.2 Å². The molecule has 1 N–H and O–H groups in total. The summed E-state index contributed by atoms with van der Waals surface area (Å²) in [6, 6.07) is 2.55. The monoisotopic (exact) mass is 227 g/mol. The highest BCUT2D eigenvalue weighted by atomic mass is 32.2. The predicted octanol–water partition coefficient (Wildman–Crippen LogP) is 1.68. The van der Waals surface area contributed by atoms with Gasteiger partial charge in [0, 0.05) is 40.0 Å². The second-order valence-electron chi connectivity index (χ2n) is 4.26. The summed E-state index contributed by atoms with van der Waals surface area (Å²) in [5, 5.41) is 3.46. The van der Waals surface area contributed by atoms with E-state index >= 15 is 0 Å². The maximum absolute atomic E-state index is 11.6. The van der Waals surface area contributed by atoms with E-state index in [-0.39, 0.29) is 6.04 Å². The molecule has 0 bridgehead atoms. The fourth-order valence-corrected chi connectivity index (χ4v) is 3.59. The zero-order valence-corrected chi connectivity index (χ0v) is 10.2. The Morgan fingerprint density at radius 1 is 1.47 bits per heavy atom. The fourth-order valence-electron chi connectivity index (χ4n) is 2.15. The summed E-state index contributed by atoms with van der Waals surface area (Å²) >= 11 is 0. The van der Waals surface area contributed by atoms with E-state index < -0.39 is 10.8 Å². The maximum atomic E-state index is 11.6. The van der Waals surface area contributed by atoms with Gasteiger partial charge in [-0.25, -0.2) is 0 Å². The highest BCUT2D eigenvalue weighted by Crippen LogP contribution is 2.25. The van der Waals surface area contributed by atoms with Gasteiger partial charge in [-0.05, 0) is 26.8 Å². The number of nitrogens with one attached hydrogen (secondary N) is 1. The first-order valence-corrected chi connectivity index (χ1v) is 6.73. The fraction of sp³-hybridized carbons (Fsp3) is 0.636. The molecule has 0 aromatic carbocycles. The molecule has 0 saturated carbocycles. The first-order chi connectivity index (χ1) is 7.06. The Morgan fingerprint density at radius 2 is 2.20 bits per heavy atom. The Bertz CT molecular complexity index is 386. The maximum Gasteiger partial charge on any atom is 0.105 e. The molecule has 1 aliphatic heterocycles. The van der Waals surface area contributed by atoms with Crippen molar-refractivity contribution in [3.63, 3.8) is 0 Å². The summed E-state index contributed by atoms with van der Waals surface area (Å²) in [6.07, 6.45) is 0. The minimum atomic E-state index is -0.704. The van der Waals surface area contributed by atoms with Crippen LogP contribution in [0.15, 0.2) is 10.5 Å². The molecular weight excluding hydrogens is 210 g/mol. The van der Waals surface area contributed by atoms with E-state index in [0.29, 0.717) is 11.8 Å². The molecule has 0 aliphatic carbocycles. The quantitative estimate of drug-likeness (QED) is 0.793. The summed E-state index contributed by atoms with van der Waals surface area (Å²) in [7, 11) is -0.704. The summed E-state index contributed by atoms with van der Waals surface area (Å²) < 4.78 is 17.1. The molecule has 1 aromatic rings. The largest absolute Gasteiger partial charge is 0.466 e. The number of aryl methyl sites for hydroxylation is 2. The second kappa shape index (κ2) is 4.10. The standard InChI is InChI=1S/C11H17NO2S/c1-7-5-15(13)6-11(12-7)10-4-8(2)14-9(10)3/h4,7,11-12H,5-6H2,1-3H3. The zero-order chi connectivity index (χ0) is 11.0. The number of rotatable bonds is 1. The van der Waals surface area contributed by atoms with Crippen molar-refractivity contribution in [2.45, 2.75) is 32.9 Å². The molecule has 1 aliphatic rings. The molecule has 1 saturated heterocycles. The number of hydrogen-bond donors (Lipinski definition) is 1. The van der Waals surface area contributed by atoms with Gasteiger partial charge in [-0.1, -0.05) is 0 Å². The molecule has 0 radical (unpaired) electrons. The van der Waals surface area contributed by atoms with Crippen LogP contribution in [0.25, 0.3) is 0 Å². The van der Waals surface area contributed by atoms with E-state index in [1.807, 2.05) is 19.9 Å². The van der Waals surface area contributed by atoms with Gasteiger partial charge in [0.1, 0.15) is 11.5 Å². The van der Waals surface area contributed by atoms with Crippen molar-refractivity contribution < 1.29 is 8.63 Å². The third-order valence-corrected chi connectivity index (χ3v) is 4.31. The van der Waals surface area contributed by atoms with Gasteiger partial charge >= 0.3 is 0 Å². The van der Waals surface area contributed by atoms with Gasteiger partial charge in [-0.3, -0.25) is 4.21 Å². The Kier molecular flexibility index (Phi) is 2.98. The van der Waals surface area contributed by atoms with Crippen molar-refractivity contribution in [3.8, 4) is 0 Å². The SMILES string of the molecule is Cc1cc(C2CS(=O)CC(C)N2)c(C)o1. The van der Waals surface area contributed by atoms with Crippen LogP contribution < -0.4 is 5.32 Å². The lowest BCUT2D eigenvalue weighted by atomic mass is 10.1. The predicted molar refractivity (Wildman–Crippen MR) is 61.4 cm³/mol. The van der Waals surface area contributed by atoms with Crippen LogP contribution in [-0.4, -0.2) is 21.8 Å². The molecule has 0 amide bonds. The summed E-state index contributed by atoms with van der Waals surface area (Å²) in [4.78, 5) is 0. The highest BCUT2D eigenvalue weighted by molar-refractivity contribution is 7.85. The van der Waals surface area contributed by atoms with Crippen LogP contribution in [-0.2, 0) is 10.8 Å². The average molecular weight is 227 g/mol. The van der Waals surface area contributed by atoms with Crippen LogP contribution in [0, 0.1) is 13.8 Å². The van der Waals surface area contributed by atoms with Crippen molar-refractivity contribution >= 4 is 10.8 Å². The van der Waals surface area contributed by atoms with Crippen LogP contribution in [0.2, 0.25) is 0 Å². The second-order valence-corrected chi connectivity index (χ2v) is 5.81. The zero-order valence-electron chi connectivity index (χ0n) is 9.37. The van der Waals surface area contributed by atoms with E-state index in [2.05, 4.69) is 12.2 Å². The topological polar surface area (TPSA) is 42.2 Å².